The number of alkyl halides is 3. The standard InChI is InChI=1S/C24H31F3O6S/c1-5-8-32-20(29)23-19(14(2)3)9-16-10-21(23,12-28)18-7-6-15(4)17(18)11-22(16,23)13-33-34(30,31)24(25,26)27/h5,9,12,14-18H,1,6-8,10-11,13H2,2-4H3/t15-,16-,17-,18-,21+,22+,23+/m1/s1. The van der Waals surface area contributed by atoms with Crippen molar-refractivity contribution in [2.45, 2.75) is 52.0 Å². The fourth-order valence-corrected chi connectivity index (χ4v) is 8.60. The summed E-state index contributed by atoms with van der Waals surface area (Å²) in [5, 5.41) is 0. The number of fused-ring (bicyclic) bond motifs is 2. The van der Waals surface area contributed by atoms with E-state index in [4.69, 9.17) is 4.74 Å². The number of hydrogen-bond donors (Lipinski definition) is 0. The number of allylic oxidation sites excluding steroid dienone is 1. The van der Waals surface area contributed by atoms with Crippen LogP contribution in [-0.4, -0.2) is 39.4 Å². The summed E-state index contributed by atoms with van der Waals surface area (Å²) < 4.78 is 73.7. The van der Waals surface area contributed by atoms with Crippen LogP contribution in [0.3, 0.4) is 0 Å². The molecular formula is C24H31F3O6S. The minimum Gasteiger partial charge on any atom is -0.461 e. The number of ether oxygens (including phenoxy) is 1. The molecule has 0 radical (unpaired) electrons. The number of aldehydes is 1. The molecule has 0 spiro atoms. The molecule has 0 amide bonds. The van der Waals surface area contributed by atoms with E-state index in [1.165, 1.54) is 6.08 Å². The molecule has 190 valence electrons. The zero-order valence-electron chi connectivity index (χ0n) is 19.6. The van der Waals surface area contributed by atoms with Gasteiger partial charge >= 0.3 is 21.6 Å². The number of halogens is 3. The van der Waals surface area contributed by atoms with Crippen LogP contribution in [0.4, 0.5) is 13.2 Å². The molecule has 4 bridgehead atoms. The minimum atomic E-state index is -5.89. The summed E-state index contributed by atoms with van der Waals surface area (Å²) in [7, 11) is -5.89. The molecule has 4 aliphatic carbocycles. The van der Waals surface area contributed by atoms with E-state index in [1.807, 2.05) is 26.8 Å². The van der Waals surface area contributed by atoms with Crippen LogP contribution in [0, 0.1) is 45.8 Å². The van der Waals surface area contributed by atoms with Crippen molar-refractivity contribution >= 4 is 22.4 Å². The zero-order chi connectivity index (χ0) is 25.3. The molecule has 0 heterocycles. The van der Waals surface area contributed by atoms with Gasteiger partial charge in [0.25, 0.3) is 0 Å². The first-order valence-corrected chi connectivity index (χ1v) is 13.1. The van der Waals surface area contributed by atoms with Crippen molar-refractivity contribution < 1.29 is 40.1 Å². The van der Waals surface area contributed by atoms with E-state index < -0.39 is 50.4 Å². The molecular weight excluding hydrogens is 473 g/mol. The second-order valence-electron chi connectivity index (χ2n) is 10.7. The van der Waals surface area contributed by atoms with E-state index in [9.17, 15) is 31.2 Å². The lowest BCUT2D eigenvalue weighted by Crippen LogP contribution is -2.64. The lowest BCUT2D eigenvalue weighted by molar-refractivity contribution is -0.188. The van der Waals surface area contributed by atoms with Gasteiger partial charge in [-0.25, -0.2) is 0 Å². The fourth-order valence-electron chi connectivity index (χ4n) is 8.10. The van der Waals surface area contributed by atoms with Gasteiger partial charge in [-0.3, -0.25) is 8.98 Å². The van der Waals surface area contributed by atoms with Gasteiger partial charge in [-0.2, -0.15) is 21.6 Å². The maximum Gasteiger partial charge on any atom is 0.523 e. The molecule has 0 saturated heterocycles. The number of rotatable bonds is 8. The summed E-state index contributed by atoms with van der Waals surface area (Å²) in [6, 6.07) is 0. The first kappa shape index (κ1) is 25.4. The topological polar surface area (TPSA) is 86.7 Å². The van der Waals surface area contributed by atoms with Crippen molar-refractivity contribution in [2.75, 3.05) is 13.2 Å². The molecule has 7 atom stereocenters. The molecule has 0 unspecified atom stereocenters. The Morgan fingerprint density at radius 2 is 1.97 bits per heavy atom. The maximum absolute atomic E-state index is 14.0. The Balaban J connectivity index is 1.95. The molecule has 10 heteroatoms. The van der Waals surface area contributed by atoms with E-state index in [1.54, 1.807) is 0 Å². The molecule has 6 nitrogen and oxygen atoms in total. The summed E-state index contributed by atoms with van der Waals surface area (Å²) >= 11 is 0. The van der Waals surface area contributed by atoms with Gasteiger partial charge in [-0.1, -0.05) is 51.5 Å². The van der Waals surface area contributed by atoms with E-state index >= 15 is 0 Å². The first-order chi connectivity index (χ1) is 15.8. The molecule has 0 aliphatic heterocycles. The highest BCUT2D eigenvalue weighted by atomic mass is 32.2. The average Bonchev–Trinajstić information content (AvgIpc) is 3.32. The maximum atomic E-state index is 14.0. The number of hydrogen-bond acceptors (Lipinski definition) is 6. The van der Waals surface area contributed by atoms with Crippen LogP contribution < -0.4 is 0 Å². The van der Waals surface area contributed by atoms with Gasteiger partial charge in [-0.05, 0) is 48.9 Å². The van der Waals surface area contributed by atoms with E-state index in [0.29, 0.717) is 12.0 Å². The summed E-state index contributed by atoms with van der Waals surface area (Å²) in [5.74, 6) is -1.39. The van der Waals surface area contributed by atoms with Crippen molar-refractivity contribution in [1.82, 2.24) is 0 Å². The van der Waals surface area contributed by atoms with Crippen molar-refractivity contribution in [2.24, 2.45) is 45.8 Å². The number of esters is 1. The Labute approximate surface area is 198 Å². The van der Waals surface area contributed by atoms with E-state index in [2.05, 4.69) is 10.8 Å². The van der Waals surface area contributed by atoms with Crippen molar-refractivity contribution in [3.8, 4) is 0 Å². The molecule has 4 rings (SSSR count). The normalized spacial score (nSPS) is 40.7. The molecule has 0 N–H and O–H groups in total. The quantitative estimate of drug-likeness (QED) is 0.160. The number of carbonyl (C=O) groups excluding carboxylic acids is 2. The van der Waals surface area contributed by atoms with Gasteiger partial charge in [0.1, 0.15) is 18.3 Å². The average molecular weight is 505 g/mol. The summed E-state index contributed by atoms with van der Waals surface area (Å²) in [5.41, 5.74) is -9.06. The van der Waals surface area contributed by atoms with Gasteiger partial charge in [0, 0.05) is 5.41 Å². The summed E-state index contributed by atoms with van der Waals surface area (Å²) in [4.78, 5) is 27.0. The Kier molecular flexibility index (Phi) is 5.91. The third kappa shape index (κ3) is 2.93. The fraction of sp³-hybridized carbons (Fsp3) is 0.750. The Morgan fingerprint density at radius 1 is 1.29 bits per heavy atom. The predicted octanol–water partition coefficient (Wildman–Crippen LogP) is 4.42. The first-order valence-electron chi connectivity index (χ1n) is 11.7. The second-order valence-corrected chi connectivity index (χ2v) is 12.3. The Morgan fingerprint density at radius 3 is 2.53 bits per heavy atom. The predicted molar refractivity (Wildman–Crippen MR) is 116 cm³/mol. The van der Waals surface area contributed by atoms with Gasteiger partial charge in [0.2, 0.25) is 0 Å². The van der Waals surface area contributed by atoms with Crippen molar-refractivity contribution in [1.29, 1.82) is 0 Å². The van der Waals surface area contributed by atoms with Gasteiger partial charge in [0.05, 0.1) is 12.0 Å². The van der Waals surface area contributed by atoms with E-state index in [-0.39, 0.29) is 36.7 Å². The summed E-state index contributed by atoms with van der Waals surface area (Å²) in [6.07, 6.45) is 6.18. The van der Waals surface area contributed by atoms with E-state index in [0.717, 1.165) is 19.1 Å². The lowest BCUT2D eigenvalue weighted by atomic mass is 9.43. The molecule has 34 heavy (non-hydrogen) atoms. The molecule has 3 fully saturated rings. The monoisotopic (exact) mass is 504 g/mol. The highest BCUT2D eigenvalue weighted by Crippen LogP contribution is 2.82. The van der Waals surface area contributed by atoms with Crippen LogP contribution >= 0.6 is 0 Å². The van der Waals surface area contributed by atoms with Crippen molar-refractivity contribution in [3.05, 3.63) is 24.3 Å². The lowest BCUT2D eigenvalue weighted by Gasteiger charge is -2.58. The van der Waals surface area contributed by atoms with Crippen LogP contribution in [0.1, 0.15) is 46.5 Å². The van der Waals surface area contributed by atoms with Crippen LogP contribution in [0.15, 0.2) is 24.3 Å². The minimum absolute atomic E-state index is 0.0346. The largest absolute Gasteiger partial charge is 0.523 e. The third-order valence-electron chi connectivity index (χ3n) is 9.19. The third-order valence-corrected chi connectivity index (χ3v) is 10.2. The van der Waals surface area contributed by atoms with Crippen LogP contribution in [0.5, 0.6) is 0 Å². The molecule has 3 saturated carbocycles. The van der Waals surface area contributed by atoms with Crippen molar-refractivity contribution in [3.63, 3.8) is 0 Å². The van der Waals surface area contributed by atoms with Crippen LogP contribution in [0.2, 0.25) is 0 Å². The van der Waals surface area contributed by atoms with Gasteiger partial charge < -0.3 is 9.53 Å². The molecule has 4 aliphatic rings. The van der Waals surface area contributed by atoms with Gasteiger partial charge in [0.15, 0.2) is 0 Å². The SMILES string of the molecule is C=CCOC(=O)[C@@]12C(C(C)C)=C[C@@H]3C[C@]1(C=O)[C@@H]1CC[C@@H](C)[C@H]1C[C@]32COS(=O)(=O)C(F)(F)F. The summed E-state index contributed by atoms with van der Waals surface area (Å²) in [6.45, 7) is 8.36. The second kappa shape index (κ2) is 7.91. The number of carbonyl (C=O) groups is 2. The Hall–Kier alpha value is -1.68. The highest BCUT2D eigenvalue weighted by Gasteiger charge is 2.84. The molecule has 0 aromatic rings. The van der Waals surface area contributed by atoms with Crippen LogP contribution in [0.25, 0.3) is 0 Å². The van der Waals surface area contributed by atoms with Crippen LogP contribution in [-0.2, 0) is 28.6 Å². The zero-order valence-corrected chi connectivity index (χ0v) is 20.4. The molecule has 0 aromatic carbocycles. The van der Waals surface area contributed by atoms with Gasteiger partial charge in [-0.15, -0.1) is 0 Å². The highest BCUT2D eigenvalue weighted by molar-refractivity contribution is 7.87. The smallest absolute Gasteiger partial charge is 0.461 e. The molecule has 0 aromatic heterocycles. The Bertz CT molecular complexity index is 1030.